The molecule has 5 heteroatoms. The van der Waals surface area contributed by atoms with Crippen LogP contribution in [0.15, 0.2) is 29.2 Å². The minimum Gasteiger partial charge on any atom is -0.391 e. The van der Waals surface area contributed by atoms with E-state index in [-0.39, 0.29) is 17.9 Å². The molecule has 0 heterocycles. The summed E-state index contributed by atoms with van der Waals surface area (Å²) in [6, 6.07) is 6.82. The first-order valence-electron chi connectivity index (χ1n) is 6.30. The Labute approximate surface area is 108 Å². The van der Waals surface area contributed by atoms with Gasteiger partial charge in [-0.3, -0.25) is 0 Å². The van der Waals surface area contributed by atoms with Crippen LogP contribution in [-0.2, 0) is 9.84 Å². The molecule has 1 fully saturated rings. The van der Waals surface area contributed by atoms with Crippen molar-refractivity contribution in [2.24, 2.45) is 0 Å². The zero-order valence-corrected chi connectivity index (χ0v) is 11.3. The fourth-order valence-corrected chi connectivity index (χ4v) is 3.13. The number of nitrogens with one attached hydrogen (secondary N) is 1. The van der Waals surface area contributed by atoms with Crippen molar-refractivity contribution in [2.45, 2.75) is 43.2 Å². The third kappa shape index (κ3) is 2.84. The first-order chi connectivity index (χ1) is 8.53. The number of aliphatic hydroxyl groups excluding tert-OH is 1. The van der Waals surface area contributed by atoms with Crippen LogP contribution < -0.4 is 5.32 Å². The topological polar surface area (TPSA) is 66.4 Å². The normalized spacial score (nSPS) is 24.1. The second-order valence-electron chi connectivity index (χ2n) is 4.68. The maximum absolute atomic E-state index is 11.6. The van der Waals surface area contributed by atoms with E-state index in [4.69, 9.17) is 0 Å². The van der Waals surface area contributed by atoms with E-state index in [1.807, 2.05) is 0 Å². The van der Waals surface area contributed by atoms with Crippen LogP contribution in [0.5, 0.6) is 0 Å². The van der Waals surface area contributed by atoms with Crippen LogP contribution in [0.2, 0.25) is 0 Å². The Morgan fingerprint density at radius 3 is 2.44 bits per heavy atom. The van der Waals surface area contributed by atoms with Gasteiger partial charge in [0, 0.05) is 5.69 Å². The molecule has 1 aromatic carbocycles. The van der Waals surface area contributed by atoms with Crippen molar-refractivity contribution in [3.63, 3.8) is 0 Å². The Morgan fingerprint density at radius 1 is 1.28 bits per heavy atom. The summed E-state index contributed by atoms with van der Waals surface area (Å²) in [6.07, 6.45) is 2.51. The van der Waals surface area contributed by atoms with Crippen LogP contribution in [-0.4, -0.2) is 31.4 Å². The second kappa shape index (κ2) is 5.28. The molecule has 2 atom stereocenters. The summed E-state index contributed by atoms with van der Waals surface area (Å²) < 4.78 is 23.3. The van der Waals surface area contributed by atoms with Gasteiger partial charge in [0.25, 0.3) is 0 Å². The number of sulfone groups is 1. The van der Waals surface area contributed by atoms with Gasteiger partial charge in [-0.05, 0) is 43.5 Å². The Balaban J connectivity index is 2.08. The van der Waals surface area contributed by atoms with E-state index in [2.05, 4.69) is 5.32 Å². The number of anilines is 1. The standard InChI is InChI=1S/C13H19NO3S/c1-2-18(16,17)11-8-6-10(7-9-11)14-12-4-3-5-13(12)15/h6-9,12-15H,2-5H2,1H3/t12-,13-/m0/s1. The van der Waals surface area contributed by atoms with E-state index in [0.717, 1.165) is 24.9 Å². The van der Waals surface area contributed by atoms with E-state index in [1.54, 1.807) is 31.2 Å². The van der Waals surface area contributed by atoms with E-state index in [9.17, 15) is 13.5 Å². The van der Waals surface area contributed by atoms with E-state index in [0.29, 0.717) is 4.90 Å². The first kappa shape index (κ1) is 13.4. The van der Waals surface area contributed by atoms with Crippen molar-refractivity contribution in [1.29, 1.82) is 0 Å². The molecule has 0 amide bonds. The third-order valence-corrected chi connectivity index (χ3v) is 5.18. The van der Waals surface area contributed by atoms with Gasteiger partial charge in [-0.1, -0.05) is 6.92 Å². The third-order valence-electron chi connectivity index (χ3n) is 3.43. The lowest BCUT2D eigenvalue weighted by atomic mass is 10.2. The van der Waals surface area contributed by atoms with Crippen LogP contribution in [0.3, 0.4) is 0 Å². The second-order valence-corrected chi connectivity index (χ2v) is 6.96. The predicted octanol–water partition coefficient (Wildman–Crippen LogP) is 1.81. The average molecular weight is 269 g/mol. The molecule has 4 nitrogen and oxygen atoms in total. The smallest absolute Gasteiger partial charge is 0.178 e. The fraction of sp³-hybridized carbons (Fsp3) is 0.538. The van der Waals surface area contributed by atoms with E-state index >= 15 is 0 Å². The minimum atomic E-state index is -3.13. The summed E-state index contributed by atoms with van der Waals surface area (Å²) >= 11 is 0. The SMILES string of the molecule is CCS(=O)(=O)c1ccc(N[C@H]2CCC[C@@H]2O)cc1. The molecule has 18 heavy (non-hydrogen) atoms. The quantitative estimate of drug-likeness (QED) is 0.875. The van der Waals surface area contributed by atoms with Gasteiger partial charge >= 0.3 is 0 Å². The summed E-state index contributed by atoms with van der Waals surface area (Å²) in [5, 5.41) is 13.0. The van der Waals surface area contributed by atoms with Gasteiger partial charge in [0.1, 0.15) is 0 Å². The number of hydrogen-bond donors (Lipinski definition) is 2. The summed E-state index contributed by atoms with van der Waals surface area (Å²) in [4.78, 5) is 0.350. The monoisotopic (exact) mass is 269 g/mol. The van der Waals surface area contributed by atoms with Crippen molar-refractivity contribution in [3.8, 4) is 0 Å². The molecule has 0 radical (unpaired) electrons. The van der Waals surface area contributed by atoms with E-state index in [1.165, 1.54) is 0 Å². The highest BCUT2D eigenvalue weighted by atomic mass is 32.2. The molecule has 1 aromatic rings. The highest BCUT2D eigenvalue weighted by Gasteiger charge is 2.24. The fourth-order valence-electron chi connectivity index (χ4n) is 2.25. The number of rotatable bonds is 4. The van der Waals surface area contributed by atoms with Crippen LogP contribution in [0.1, 0.15) is 26.2 Å². The van der Waals surface area contributed by atoms with Gasteiger partial charge in [-0.15, -0.1) is 0 Å². The van der Waals surface area contributed by atoms with Crippen molar-refractivity contribution in [1.82, 2.24) is 0 Å². The Kier molecular flexibility index (Phi) is 3.92. The lowest BCUT2D eigenvalue weighted by molar-refractivity contribution is 0.172. The summed E-state index contributed by atoms with van der Waals surface area (Å²) in [5.74, 6) is 0.112. The van der Waals surface area contributed by atoms with Crippen LogP contribution >= 0.6 is 0 Å². The Bertz CT molecular complexity index is 495. The minimum absolute atomic E-state index is 0.0821. The zero-order valence-electron chi connectivity index (χ0n) is 10.5. The lowest BCUT2D eigenvalue weighted by Gasteiger charge is -2.17. The van der Waals surface area contributed by atoms with Gasteiger partial charge in [0.2, 0.25) is 0 Å². The molecule has 1 saturated carbocycles. The van der Waals surface area contributed by atoms with Gasteiger partial charge in [0.05, 0.1) is 22.8 Å². The molecule has 0 aliphatic heterocycles. The molecule has 2 rings (SSSR count). The molecule has 0 bridgehead atoms. The Morgan fingerprint density at radius 2 is 1.94 bits per heavy atom. The highest BCUT2D eigenvalue weighted by Crippen LogP contribution is 2.23. The molecule has 0 spiro atoms. The van der Waals surface area contributed by atoms with E-state index < -0.39 is 9.84 Å². The molecule has 0 unspecified atom stereocenters. The maximum Gasteiger partial charge on any atom is 0.178 e. The lowest BCUT2D eigenvalue weighted by Crippen LogP contribution is -2.27. The van der Waals surface area contributed by atoms with Crippen LogP contribution in [0.25, 0.3) is 0 Å². The summed E-state index contributed by atoms with van der Waals surface area (Å²) in [5.41, 5.74) is 0.857. The largest absolute Gasteiger partial charge is 0.391 e. The first-order valence-corrected chi connectivity index (χ1v) is 7.95. The highest BCUT2D eigenvalue weighted by molar-refractivity contribution is 7.91. The van der Waals surface area contributed by atoms with Gasteiger partial charge in [-0.2, -0.15) is 0 Å². The molecule has 0 aromatic heterocycles. The molecule has 1 aliphatic carbocycles. The molecular formula is C13H19NO3S. The number of hydrogen-bond acceptors (Lipinski definition) is 4. The van der Waals surface area contributed by atoms with Crippen molar-refractivity contribution >= 4 is 15.5 Å². The molecule has 100 valence electrons. The summed E-state index contributed by atoms with van der Waals surface area (Å²) in [7, 11) is -3.13. The molecular weight excluding hydrogens is 250 g/mol. The van der Waals surface area contributed by atoms with Crippen molar-refractivity contribution in [3.05, 3.63) is 24.3 Å². The summed E-state index contributed by atoms with van der Waals surface area (Å²) in [6.45, 7) is 1.64. The predicted molar refractivity (Wildman–Crippen MR) is 71.4 cm³/mol. The van der Waals surface area contributed by atoms with Crippen LogP contribution in [0.4, 0.5) is 5.69 Å². The average Bonchev–Trinajstić information content (AvgIpc) is 2.76. The van der Waals surface area contributed by atoms with Crippen LogP contribution in [0, 0.1) is 0 Å². The van der Waals surface area contributed by atoms with Crippen molar-refractivity contribution in [2.75, 3.05) is 11.1 Å². The van der Waals surface area contributed by atoms with Crippen molar-refractivity contribution < 1.29 is 13.5 Å². The Hall–Kier alpha value is -1.07. The molecule has 1 aliphatic rings. The number of benzene rings is 1. The molecule has 2 N–H and O–H groups in total. The number of aliphatic hydroxyl groups is 1. The zero-order chi connectivity index (χ0) is 13.2. The van der Waals surface area contributed by atoms with Gasteiger partial charge in [0.15, 0.2) is 9.84 Å². The maximum atomic E-state index is 11.6. The van der Waals surface area contributed by atoms with Gasteiger partial charge in [-0.25, -0.2) is 8.42 Å². The molecule has 0 saturated heterocycles. The van der Waals surface area contributed by atoms with Gasteiger partial charge < -0.3 is 10.4 Å².